The maximum atomic E-state index is 9.72. The number of nitrogens with zero attached hydrogens (tertiary/aromatic N) is 2. The van der Waals surface area contributed by atoms with Gasteiger partial charge in [-0.2, -0.15) is 0 Å². The summed E-state index contributed by atoms with van der Waals surface area (Å²) in [5.74, 6) is 0.941. The first-order chi connectivity index (χ1) is 7.09. The van der Waals surface area contributed by atoms with Gasteiger partial charge in [0.2, 0.25) is 0 Å². The average Bonchev–Trinajstić information content (AvgIpc) is 2.18. The molecule has 1 aromatic rings. The Balaban J connectivity index is 2.49. The molecule has 0 aliphatic rings. The van der Waals surface area contributed by atoms with Gasteiger partial charge in [-0.1, -0.05) is 6.58 Å². The van der Waals surface area contributed by atoms with Gasteiger partial charge in [-0.3, -0.25) is 0 Å². The lowest BCUT2D eigenvalue weighted by atomic mass is 10.2. The van der Waals surface area contributed by atoms with E-state index in [0.29, 0.717) is 18.0 Å². The summed E-state index contributed by atoms with van der Waals surface area (Å²) in [5.41, 5.74) is 0. The highest BCUT2D eigenvalue weighted by molar-refractivity contribution is 4.99. The molecule has 4 nitrogen and oxygen atoms in total. The number of hydrogen-bond acceptors (Lipinski definition) is 4. The number of rotatable bonds is 5. The lowest BCUT2D eigenvalue weighted by molar-refractivity contribution is 0.0703. The second kappa shape index (κ2) is 5.46. The summed E-state index contributed by atoms with van der Waals surface area (Å²) in [4.78, 5) is 8.02. The van der Waals surface area contributed by atoms with Crippen LogP contribution in [-0.2, 0) is 11.2 Å². The molecular weight excluding hydrogens is 192 g/mol. The molecule has 0 aliphatic carbocycles. The van der Waals surface area contributed by atoms with E-state index in [1.54, 1.807) is 18.5 Å². The molecule has 82 valence electrons. The van der Waals surface area contributed by atoms with Crippen LogP contribution in [0.4, 0.5) is 0 Å². The largest absolute Gasteiger partial charge is 0.493 e. The third-order valence-electron chi connectivity index (χ3n) is 1.75. The lowest BCUT2D eigenvalue weighted by Gasteiger charge is -2.16. The standard InChI is InChI=1S/C11H16N2O2/c1-8(2)15-9(3)10(14)7-11-12-5-4-6-13-11/h4-6,8,10,14H,3,7H2,1-2H3. The zero-order valence-corrected chi connectivity index (χ0v) is 9.05. The Morgan fingerprint density at radius 2 is 2.07 bits per heavy atom. The minimum absolute atomic E-state index is 0.0174. The van der Waals surface area contributed by atoms with Crippen LogP contribution in [0.3, 0.4) is 0 Å². The molecule has 0 saturated carbocycles. The number of aliphatic hydroxyl groups excluding tert-OH is 1. The van der Waals surface area contributed by atoms with Gasteiger partial charge in [-0.05, 0) is 19.9 Å². The van der Waals surface area contributed by atoms with Gasteiger partial charge in [0.15, 0.2) is 0 Å². The van der Waals surface area contributed by atoms with Crippen LogP contribution >= 0.6 is 0 Å². The van der Waals surface area contributed by atoms with Gasteiger partial charge in [0, 0.05) is 18.8 Å². The van der Waals surface area contributed by atoms with Gasteiger partial charge in [-0.15, -0.1) is 0 Å². The number of hydrogen-bond donors (Lipinski definition) is 1. The Morgan fingerprint density at radius 3 is 2.60 bits per heavy atom. The van der Waals surface area contributed by atoms with Crippen LogP contribution in [0, 0.1) is 0 Å². The van der Waals surface area contributed by atoms with E-state index in [-0.39, 0.29) is 6.10 Å². The second-order valence-corrected chi connectivity index (χ2v) is 3.52. The summed E-state index contributed by atoms with van der Waals surface area (Å²) < 4.78 is 5.28. The van der Waals surface area contributed by atoms with Gasteiger partial charge in [-0.25, -0.2) is 9.97 Å². The Labute approximate surface area is 89.6 Å². The van der Waals surface area contributed by atoms with Crippen LogP contribution in [0.5, 0.6) is 0 Å². The minimum Gasteiger partial charge on any atom is -0.493 e. The monoisotopic (exact) mass is 208 g/mol. The van der Waals surface area contributed by atoms with E-state index in [0.717, 1.165) is 0 Å². The van der Waals surface area contributed by atoms with E-state index in [1.807, 2.05) is 13.8 Å². The van der Waals surface area contributed by atoms with Crippen LogP contribution in [0.15, 0.2) is 30.8 Å². The molecule has 0 spiro atoms. The molecule has 1 aromatic heterocycles. The van der Waals surface area contributed by atoms with Gasteiger partial charge >= 0.3 is 0 Å². The number of aliphatic hydroxyl groups is 1. The fraction of sp³-hybridized carbons (Fsp3) is 0.455. The van der Waals surface area contributed by atoms with Crippen molar-refractivity contribution in [1.29, 1.82) is 0 Å². The summed E-state index contributed by atoms with van der Waals surface area (Å²) in [5, 5.41) is 9.72. The van der Waals surface area contributed by atoms with Crippen LogP contribution < -0.4 is 0 Å². The molecule has 0 fully saturated rings. The summed E-state index contributed by atoms with van der Waals surface area (Å²) >= 11 is 0. The minimum atomic E-state index is -0.755. The van der Waals surface area contributed by atoms with Crippen LogP contribution in [0.2, 0.25) is 0 Å². The van der Waals surface area contributed by atoms with E-state index in [1.165, 1.54) is 0 Å². The first kappa shape index (κ1) is 11.7. The summed E-state index contributed by atoms with van der Waals surface area (Å²) in [6.45, 7) is 7.43. The Bertz CT molecular complexity index is 312. The fourth-order valence-electron chi connectivity index (χ4n) is 1.10. The van der Waals surface area contributed by atoms with Crippen molar-refractivity contribution >= 4 is 0 Å². The van der Waals surface area contributed by atoms with Crippen molar-refractivity contribution in [2.45, 2.75) is 32.5 Å². The molecule has 0 aromatic carbocycles. The summed E-state index contributed by atoms with van der Waals surface area (Å²) in [6.07, 6.45) is 2.87. The van der Waals surface area contributed by atoms with E-state index in [2.05, 4.69) is 16.5 Å². The van der Waals surface area contributed by atoms with Crippen LogP contribution in [0.1, 0.15) is 19.7 Å². The van der Waals surface area contributed by atoms with Crippen LogP contribution in [-0.4, -0.2) is 27.3 Å². The smallest absolute Gasteiger partial charge is 0.131 e. The molecule has 0 radical (unpaired) electrons. The Hall–Kier alpha value is -1.42. The summed E-state index contributed by atoms with van der Waals surface area (Å²) in [7, 11) is 0. The quantitative estimate of drug-likeness (QED) is 0.741. The maximum absolute atomic E-state index is 9.72. The van der Waals surface area contributed by atoms with E-state index in [4.69, 9.17) is 4.74 Å². The fourth-order valence-corrected chi connectivity index (χ4v) is 1.10. The van der Waals surface area contributed by atoms with Crippen molar-refractivity contribution in [3.8, 4) is 0 Å². The van der Waals surface area contributed by atoms with Gasteiger partial charge in [0.25, 0.3) is 0 Å². The highest BCUT2D eigenvalue weighted by Gasteiger charge is 2.13. The zero-order chi connectivity index (χ0) is 11.3. The predicted octanol–water partition coefficient (Wildman–Crippen LogP) is 1.32. The van der Waals surface area contributed by atoms with Crippen LogP contribution in [0.25, 0.3) is 0 Å². The molecular formula is C11H16N2O2. The number of ether oxygens (including phenoxy) is 1. The average molecular weight is 208 g/mol. The van der Waals surface area contributed by atoms with Crippen molar-refractivity contribution in [2.24, 2.45) is 0 Å². The lowest BCUT2D eigenvalue weighted by Crippen LogP contribution is -2.19. The van der Waals surface area contributed by atoms with Gasteiger partial charge < -0.3 is 9.84 Å². The van der Waals surface area contributed by atoms with E-state index >= 15 is 0 Å². The van der Waals surface area contributed by atoms with Crippen molar-refractivity contribution in [2.75, 3.05) is 0 Å². The molecule has 1 unspecified atom stereocenters. The second-order valence-electron chi connectivity index (χ2n) is 3.52. The van der Waals surface area contributed by atoms with Gasteiger partial charge in [0.05, 0.1) is 6.10 Å². The highest BCUT2D eigenvalue weighted by Crippen LogP contribution is 2.08. The van der Waals surface area contributed by atoms with Crippen molar-refractivity contribution < 1.29 is 9.84 Å². The third-order valence-corrected chi connectivity index (χ3v) is 1.75. The van der Waals surface area contributed by atoms with E-state index in [9.17, 15) is 5.11 Å². The topological polar surface area (TPSA) is 55.2 Å². The first-order valence-corrected chi connectivity index (χ1v) is 4.89. The Kier molecular flexibility index (Phi) is 4.24. The molecule has 0 aliphatic heterocycles. The SMILES string of the molecule is C=C(OC(C)C)C(O)Cc1ncccn1. The molecule has 0 bridgehead atoms. The number of aromatic nitrogens is 2. The van der Waals surface area contributed by atoms with Crippen molar-refractivity contribution in [1.82, 2.24) is 9.97 Å². The maximum Gasteiger partial charge on any atom is 0.131 e. The molecule has 1 N–H and O–H groups in total. The van der Waals surface area contributed by atoms with E-state index < -0.39 is 6.10 Å². The predicted molar refractivity (Wildman–Crippen MR) is 57.1 cm³/mol. The van der Waals surface area contributed by atoms with Crippen molar-refractivity contribution in [3.05, 3.63) is 36.6 Å². The normalized spacial score (nSPS) is 12.5. The highest BCUT2D eigenvalue weighted by atomic mass is 16.5. The molecule has 4 heteroatoms. The first-order valence-electron chi connectivity index (χ1n) is 4.89. The molecule has 1 atom stereocenters. The summed E-state index contributed by atoms with van der Waals surface area (Å²) in [6, 6.07) is 1.73. The molecule has 15 heavy (non-hydrogen) atoms. The Morgan fingerprint density at radius 1 is 1.47 bits per heavy atom. The molecule has 1 heterocycles. The molecule has 1 rings (SSSR count). The van der Waals surface area contributed by atoms with Crippen molar-refractivity contribution in [3.63, 3.8) is 0 Å². The molecule has 0 saturated heterocycles. The third kappa shape index (κ3) is 4.08. The van der Waals surface area contributed by atoms with Gasteiger partial charge in [0.1, 0.15) is 17.7 Å². The zero-order valence-electron chi connectivity index (χ0n) is 9.05. The molecule has 0 amide bonds.